The number of carbonyl (C=O) groups is 1. The Labute approximate surface area is 236 Å². The van der Waals surface area contributed by atoms with Crippen molar-refractivity contribution in [2.45, 2.75) is 45.6 Å². The SMILES string of the molecule is C=C/C(=C\C=C(/C)NC1CCCNC1)Nc1c(C(=O)C2CC2)cnc2ccc(-c3cc(O)c(C)c(OC)c3)cc12. The highest BCUT2D eigenvalue weighted by atomic mass is 16.5. The number of Topliss-reactive ketones (excluding diaryl/α,β-unsaturated/α-hetero) is 1. The molecule has 2 aliphatic rings. The number of hydrogen-bond donors (Lipinski definition) is 4. The number of ketones is 1. The Balaban J connectivity index is 1.54. The normalized spacial score (nSPS) is 17.9. The Hall–Kier alpha value is -4.10. The minimum absolute atomic E-state index is 0.0490. The number of aromatic nitrogens is 1. The van der Waals surface area contributed by atoms with Gasteiger partial charge in [-0.05, 0) is 99.7 Å². The van der Waals surface area contributed by atoms with E-state index >= 15 is 0 Å². The van der Waals surface area contributed by atoms with Crippen LogP contribution in [0.15, 0.2) is 72.7 Å². The Morgan fingerprint density at radius 2 is 2.00 bits per heavy atom. The van der Waals surface area contributed by atoms with E-state index < -0.39 is 0 Å². The van der Waals surface area contributed by atoms with E-state index in [1.165, 1.54) is 6.42 Å². The summed E-state index contributed by atoms with van der Waals surface area (Å²) in [7, 11) is 1.59. The highest BCUT2D eigenvalue weighted by Gasteiger charge is 2.32. The molecule has 2 fully saturated rings. The summed E-state index contributed by atoms with van der Waals surface area (Å²) in [6.07, 6.45) is 11.6. The van der Waals surface area contributed by atoms with Crippen LogP contribution in [0.5, 0.6) is 11.5 Å². The van der Waals surface area contributed by atoms with Gasteiger partial charge in [0.1, 0.15) is 11.5 Å². The number of hydrogen-bond acceptors (Lipinski definition) is 7. The summed E-state index contributed by atoms with van der Waals surface area (Å²) in [5.41, 5.74) is 6.29. The highest BCUT2D eigenvalue weighted by Crippen LogP contribution is 2.39. The molecule has 1 unspecified atom stereocenters. The lowest BCUT2D eigenvalue weighted by Gasteiger charge is -2.25. The second-order valence-corrected chi connectivity index (χ2v) is 10.7. The molecule has 208 valence electrons. The Morgan fingerprint density at radius 3 is 2.70 bits per heavy atom. The maximum Gasteiger partial charge on any atom is 0.169 e. The quantitative estimate of drug-likeness (QED) is 0.179. The number of carbonyl (C=O) groups excluding carboxylic acids is 1. The van der Waals surface area contributed by atoms with Gasteiger partial charge in [-0.15, -0.1) is 0 Å². The summed E-state index contributed by atoms with van der Waals surface area (Å²) < 4.78 is 5.48. The standard InChI is InChI=1S/C33H38N4O3/c1-5-25(12-8-20(2)36-26-7-6-14-34-18-26)37-32-27-15-23(24-16-30(38)21(3)31(17-24)40-4)11-13-29(27)35-19-28(32)33(39)22-9-10-22/h5,8,11-13,15-17,19,22,26,34,36,38H,1,6-7,9-10,14,18H2,2-4H3,(H,35,37)/b20-8+,25-12+. The third kappa shape index (κ3) is 6.05. The maximum absolute atomic E-state index is 13.3. The number of piperidine rings is 1. The van der Waals surface area contributed by atoms with E-state index in [1.807, 2.05) is 43.3 Å². The molecule has 7 heteroatoms. The van der Waals surface area contributed by atoms with Gasteiger partial charge in [0.25, 0.3) is 0 Å². The molecule has 2 aromatic carbocycles. The summed E-state index contributed by atoms with van der Waals surface area (Å²) in [6, 6.07) is 9.98. The van der Waals surface area contributed by atoms with Crippen molar-refractivity contribution < 1.29 is 14.6 Å². The molecule has 2 heterocycles. The fraction of sp³-hybridized carbons (Fsp3) is 0.333. The number of nitrogens with zero attached hydrogens (tertiary/aromatic N) is 1. The van der Waals surface area contributed by atoms with Crippen LogP contribution >= 0.6 is 0 Å². The van der Waals surface area contributed by atoms with Crippen LogP contribution in [0.4, 0.5) is 5.69 Å². The van der Waals surface area contributed by atoms with Crippen molar-refractivity contribution in [1.82, 2.24) is 15.6 Å². The number of phenolic OH excluding ortho intramolecular Hbond substituents is 1. The molecule has 0 spiro atoms. The van der Waals surface area contributed by atoms with Crippen molar-refractivity contribution in [2.75, 3.05) is 25.5 Å². The van der Waals surface area contributed by atoms with E-state index in [0.717, 1.165) is 65.8 Å². The lowest BCUT2D eigenvalue weighted by molar-refractivity contribution is 0.0968. The summed E-state index contributed by atoms with van der Waals surface area (Å²) >= 11 is 0. The van der Waals surface area contributed by atoms with Gasteiger partial charge in [0.15, 0.2) is 5.78 Å². The predicted octanol–water partition coefficient (Wildman–Crippen LogP) is 6.24. The average Bonchev–Trinajstić information content (AvgIpc) is 3.82. The summed E-state index contributed by atoms with van der Waals surface area (Å²) in [6.45, 7) is 9.94. The molecular weight excluding hydrogens is 500 g/mol. The summed E-state index contributed by atoms with van der Waals surface area (Å²) in [5, 5.41) is 21.9. The van der Waals surface area contributed by atoms with E-state index in [4.69, 9.17) is 4.74 Å². The first-order valence-electron chi connectivity index (χ1n) is 14.0. The van der Waals surface area contributed by atoms with Crippen molar-refractivity contribution >= 4 is 22.4 Å². The van der Waals surface area contributed by atoms with E-state index in [9.17, 15) is 9.90 Å². The molecule has 1 saturated carbocycles. The van der Waals surface area contributed by atoms with Gasteiger partial charge in [-0.2, -0.15) is 0 Å². The van der Waals surface area contributed by atoms with Gasteiger partial charge in [-0.3, -0.25) is 9.78 Å². The Kier molecular flexibility index (Phi) is 8.21. The zero-order valence-corrected chi connectivity index (χ0v) is 23.5. The number of fused-ring (bicyclic) bond motifs is 1. The molecule has 5 rings (SSSR count). The molecule has 40 heavy (non-hydrogen) atoms. The van der Waals surface area contributed by atoms with Crippen molar-refractivity contribution in [3.8, 4) is 22.6 Å². The van der Waals surface area contributed by atoms with Crippen LogP contribution in [0.3, 0.4) is 0 Å². The molecule has 0 bridgehead atoms. The Bertz CT molecular complexity index is 1500. The highest BCUT2D eigenvalue weighted by molar-refractivity contribution is 6.10. The summed E-state index contributed by atoms with van der Waals surface area (Å²) in [5.74, 6) is 0.938. The third-order valence-corrected chi connectivity index (χ3v) is 7.70. The number of methoxy groups -OCH3 is 1. The molecule has 1 saturated heterocycles. The van der Waals surface area contributed by atoms with Crippen molar-refractivity contribution in [3.63, 3.8) is 0 Å². The second kappa shape index (κ2) is 12.0. The maximum atomic E-state index is 13.3. The molecule has 3 aromatic rings. The van der Waals surface area contributed by atoms with E-state index in [0.29, 0.717) is 28.6 Å². The topological polar surface area (TPSA) is 95.5 Å². The molecule has 1 aromatic heterocycles. The van der Waals surface area contributed by atoms with Crippen molar-refractivity contribution in [1.29, 1.82) is 0 Å². The van der Waals surface area contributed by atoms with Crippen LogP contribution < -0.4 is 20.7 Å². The molecule has 1 atom stereocenters. The first-order chi connectivity index (χ1) is 19.4. The monoisotopic (exact) mass is 538 g/mol. The Morgan fingerprint density at radius 1 is 1.18 bits per heavy atom. The number of anilines is 1. The number of aromatic hydroxyl groups is 1. The van der Waals surface area contributed by atoms with Crippen LogP contribution in [-0.2, 0) is 0 Å². The van der Waals surface area contributed by atoms with Gasteiger partial charge in [-0.1, -0.05) is 12.6 Å². The van der Waals surface area contributed by atoms with Crippen molar-refractivity contribution in [2.24, 2.45) is 5.92 Å². The van der Waals surface area contributed by atoms with Gasteiger partial charge in [0.05, 0.1) is 23.9 Å². The largest absolute Gasteiger partial charge is 0.508 e. The van der Waals surface area contributed by atoms with Crippen LogP contribution in [0.25, 0.3) is 22.0 Å². The minimum atomic E-state index is 0.0490. The van der Waals surface area contributed by atoms with Gasteiger partial charge in [0.2, 0.25) is 0 Å². The number of nitrogens with one attached hydrogen (secondary N) is 3. The van der Waals surface area contributed by atoms with Crippen LogP contribution in [0.1, 0.15) is 48.5 Å². The minimum Gasteiger partial charge on any atom is -0.508 e. The molecule has 7 nitrogen and oxygen atoms in total. The lowest BCUT2D eigenvalue weighted by atomic mass is 9.97. The molecule has 1 aliphatic carbocycles. The first-order valence-corrected chi connectivity index (χ1v) is 14.0. The number of rotatable bonds is 10. The number of benzene rings is 2. The van der Waals surface area contributed by atoms with E-state index in [1.54, 1.807) is 25.4 Å². The fourth-order valence-corrected chi connectivity index (χ4v) is 5.18. The van der Waals surface area contributed by atoms with Crippen LogP contribution in [0, 0.1) is 12.8 Å². The van der Waals surface area contributed by atoms with E-state index in [-0.39, 0.29) is 17.5 Å². The van der Waals surface area contributed by atoms with Gasteiger partial charge in [-0.25, -0.2) is 0 Å². The molecule has 0 radical (unpaired) electrons. The zero-order valence-electron chi connectivity index (χ0n) is 23.5. The van der Waals surface area contributed by atoms with Crippen LogP contribution in [-0.4, -0.2) is 42.1 Å². The number of allylic oxidation sites excluding steroid dienone is 4. The smallest absolute Gasteiger partial charge is 0.169 e. The zero-order chi connectivity index (χ0) is 28.2. The predicted molar refractivity (Wildman–Crippen MR) is 162 cm³/mol. The number of pyridine rings is 1. The van der Waals surface area contributed by atoms with E-state index in [2.05, 4.69) is 34.4 Å². The van der Waals surface area contributed by atoms with Crippen molar-refractivity contribution in [3.05, 3.63) is 83.9 Å². The lowest BCUT2D eigenvalue weighted by Crippen LogP contribution is -2.42. The average molecular weight is 539 g/mol. The second-order valence-electron chi connectivity index (χ2n) is 10.7. The van der Waals surface area contributed by atoms with Gasteiger partial charge in [0, 0.05) is 47.0 Å². The molecule has 4 N–H and O–H groups in total. The molecule has 1 aliphatic heterocycles. The first kappa shape index (κ1) is 27.5. The fourth-order valence-electron chi connectivity index (χ4n) is 5.18. The molecular formula is C33H38N4O3. The third-order valence-electron chi connectivity index (χ3n) is 7.70. The van der Waals surface area contributed by atoms with Gasteiger partial charge < -0.3 is 25.8 Å². The van der Waals surface area contributed by atoms with Gasteiger partial charge >= 0.3 is 0 Å². The number of ether oxygens (including phenoxy) is 1. The number of phenols is 1. The van der Waals surface area contributed by atoms with Crippen LogP contribution in [0.2, 0.25) is 0 Å². The molecule has 0 amide bonds. The summed E-state index contributed by atoms with van der Waals surface area (Å²) in [4.78, 5) is 18.0.